The smallest absolute Gasteiger partial charge is 0.231 e. The maximum atomic E-state index is 6.36. The van der Waals surface area contributed by atoms with Gasteiger partial charge in [-0.2, -0.15) is 0 Å². The van der Waals surface area contributed by atoms with Gasteiger partial charge in [0, 0.05) is 32.7 Å². The third-order valence-corrected chi connectivity index (χ3v) is 6.73. The average Bonchev–Trinajstić information content (AvgIpc) is 3.36. The molecule has 1 aromatic heterocycles. The van der Waals surface area contributed by atoms with E-state index in [1.165, 1.54) is 5.56 Å². The van der Waals surface area contributed by atoms with E-state index in [-0.39, 0.29) is 0 Å². The molecule has 5 rings (SSSR count). The molecule has 6 nitrogen and oxygen atoms in total. The molecule has 1 saturated heterocycles. The van der Waals surface area contributed by atoms with Crippen molar-refractivity contribution < 1.29 is 14.2 Å². The maximum Gasteiger partial charge on any atom is 0.231 e. The molecule has 0 atom stereocenters. The molecule has 146 valence electrons. The van der Waals surface area contributed by atoms with E-state index in [0.29, 0.717) is 6.79 Å². The van der Waals surface area contributed by atoms with Crippen LogP contribution < -0.4 is 19.1 Å². The molecule has 2 aliphatic heterocycles. The number of rotatable bonds is 4. The van der Waals surface area contributed by atoms with Crippen molar-refractivity contribution in [3.8, 4) is 17.2 Å². The first-order valence-corrected chi connectivity index (χ1v) is 10.4. The lowest BCUT2D eigenvalue weighted by atomic mass is 10.1. The molecule has 0 radical (unpaired) electrons. The summed E-state index contributed by atoms with van der Waals surface area (Å²) in [6.45, 7) is 5.05. The molecule has 2 aliphatic rings. The van der Waals surface area contributed by atoms with Crippen molar-refractivity contribution in [1.29, 1.82) is 0 Å². The van der Waals surface area contributed by atoms with Gasteiger partial charge in [0.05, 0.1) is 16.8 Å². The number of aromatic nitrogens is 1. The van der Waals surface area contributed by atoms with Crippen LogP contribution in [0.15, 0.2) is 30.3 Å². The third kappa shape index (κ3) is 3.23. The lowest BCUT2D eigenvalue weighted by molar-refractivity contribution is 0.174. The summed E-state index contributed by atoms with van der Waals surface area (Å²) in [5, 5.41) is 1.73. The molecule has 0 saturated carbocycles. The fraction of sp³-hybridized carbons (Fsp3) is 0.350. The van der Waals surface area contributed by atoms with Gasteiger partial charge in [0.1, 0.15) is 11.3 Å². The minimum absolute atomic E-state index is 0.314. The second-order valence-electron chi connectivity index (χ2n) is 6.87. The highest BCUT2D eigenvalue weighted by Gasteiger charge is 2.22. The first-order valence-electron chi connectivity index (χ1n) is 9.20. The van der Waals surface area contributed by atoms with E-state index in [4.69, 9.17) is 30.8 Å². The first kappa shape index (κ1) is 17.8. The molecule has 0 bridgehead atoms. The SMILES string of the molecule is COc1ccc(Cl)c2sc(N3CCN(Cc4ccc5c(c4)OCO5)CC3)nc12. The van der Waals surface area contributed by atoms with Gasteiger partial charge in [-0.3, -0.25) is 4.90 Å². The van der Waals surface area contributed by atoms with Crippen molar-refractivity contribution in [2.75, 3.05) is 45.0 Å². The van der Waals surface area contributed by atoms with E-state index in [0.717, 1.165) is 70.3 Å². The summed E-state index contributed by atoms with van der Waals surface area (Å²) in [5.41, 5.74) is 2.09. The van der Waals surface area contributed by atoms with E-state index in [9.17, 15) is 0 Å². The standard InChI is InChI=1S/C20H20ClN3O3S/c1-25-16-5-3-14(21)19-18(16)22-20(28-19)24-8-6-23(7-9-24)11-13-2-4-15-17(10-13)27-12-26-15/h2-5,10H,6-9,11-12H2,1H3. The van der Waals surface area contributed by atoms with Crippen molar-refractivity contribution in [2.45, 2.75) is 6.54 Å². The van der Waals surface area contributed by atoms with Gasteiger partial charge in [-0.1, -0.05) is 29.0 Å². The number of anilines is 1. The summed E-state index contributed by atoms with van der Waals surface area (Å²) in [4.78, 5) is 9.59. The summed E-state index contributed by atoms with van der Waals surface area (Å²) >= 11 is 7.99. The summed E-state index contributed by atoms with van der Waals surface area (Å²) in [7, 11) is 1.66. The Kier molecular flexibility index (Phi) is 4.66. The molecular weight excluding hydrogens is 398 g/mol. The number of ether oxygens (including phenoxy) is 3. The van der Waals surface area contributed by atoms with E-state index in [1.54, 1.807) is 18.4 Å². The Labute approximate surface area is 172 Å². The molecule has 0 unspecified atom stereocenters. The van der Waals surface area contributed by atoms with Crippen molar-refractivity contribution in [3.63, 3.8) is 0 Å². The second kappa shape index (κ2) is 7.31. The largest absolute Gasteiger partial charge is 0.494 e. The fourth-order valence-electron chi connectivity index (χ4n) is 3.64. The number of hydrogen-bond acceptors (Lipinski definition) is 7. The monoisotopic (exact) mass is 417 g/mol. The summed E-state index contributed by atoms with van der Waals surface area (Å²) in [6, 6.07) is 9.93. The molecular formula is C20H20ClN3O3S. The Bertz CT molecular complexity index is 1020. The van der Waals surface area contributed by atoms with Crippen LogP contribution in [0.5, 0.6) is 17.2 Å². The highest BCUT2D eigenvalue weighted by Crippen LogP contribution is 2.39. The van der Waals surface area contributed by atoms with E-state index in [1.807, 2.05) is 18.2 Å². The van der Waals surface area contributed by atoms with E-state index < -0.39 is 0 Å². The zero-order chi connectivity index (χ0) is 19.1. The lowest BCUT2D eigenvalue weighted by Crippen LogP contribution is -2.45. The number of nitrogens with zero attached hydrogens (tertiary/aromatic N) is 3. The van der Waals surface area contributed by atoms with Crippen molar-refractivity contribution in [2.24, 2.45) is 0 Å². The van der Waals surface area contributed by atoms with Crippen molar-refractivity contribution >= 4 is 38.3 Å². The number of thiazole rings is 1. The van der Waals surface area contributed by atoms with Crippen LogP contribution in [-0.2, 0) is 6.54 Å². The highest BCUT2D eigenvalue weighted by atomic mass is 35.5. The van der Waals surface area contributed by atoms with Gasteiger partial charge in [-0.25, -0.2) is 4.98 Å². The highest BCUT2D eigenvalue weighted by molar-refractivity contribution is 7.22. The summed E-state index contributed by atoms with van der Waals surface area (Å²) in [6.07, 6.45) is 0. The van der Waals surface area contributed by atoms with Crippen LogP contribution in [0.2, 0.25) is 5.02 Å². The van der Waals surface area contributed by atoms with Crippen molar-refractivity contribution in [1.82, 2.24) is 9.88 Å². The molecule has 0 amide bonds. The number of hydrogen-bond donors (Lipinski definition) is 0. The Morgan fingerprint density at radius 1 is 1.11 bits per heavy atom. The molecule has 3 aromatic rings. The van der Waals surface area contributed by atoms with Gasteiger partial charge in [-0.15, -0.1) is 0 Å². The Morgan fingerprint density at radius 3 is 2.75 bits per heavy atom. The number of methoxy groups -OCH3 is 1. The zero-order valence-corrected chi connectivity index (χ0v) is 17.1. The molecule has 0 spiro atoms. The molecule has 0 N–H and O–H groups in total. The third-order valence-electron chi connectivity index (χ3n) is 5.15. The molecule has 28 heavy (non-hydrogen) atoms. The number of benzene rings is 2. The van der Waals surface area contributed by atoms with Gasteiger partial charge in [0.25, 0.3) is 0 Å². The van der Waals surface area contributed by atoms with Crippen LogP contribution in [0.1, 0.15) is 5.56 Å². The predicted molar refractivity (Wildman–Crippen MR) is 111 cm³/mol. The van der Waals surface area contributed by atoms with Crippen LogP contribution in [0, 0.1) is 0 Å². The molecule has 2 aromatic carbocycles. The van der Waals surface area contributed by atoms with Gasteiger partial charge < -0.3 is 19.1 Å². The lowest BCUT2D eigenvalue weighted by Gasteiger charge is -2.34. The number of fused-ring (bicyclic) bond motifs is 2. The average molecular weight is 418 g/mol. The number of halogens is 1. The Hall–Kier alpha value is -2.22. The van der Waals surface area contributed by atoms with Crippen molar-refractivity contribution in [3.05, 3.63) is 40.9 Å². The van der Waals surface area contributed by atoms with E-state index in [2.05, 4.69) is 21.9 Å². The molecule has 0 aliphatic carbocycles. The second-order valence-corrected chi connectivity index (χ2v) is 8.26. The van der Waals surface area contributed by atoms with Gasteiger partial charge >= 0.3 is 0 Å². The predicted octanol–water partition coefficient (Wildman–Crippen LogP) is 4.01. The summed E-state index contributed by atoms with van der Waals surface area (Å²) in [5.74, 6) is 2.44. The van der Waals surface area contributed by atoms with Crippen LogP contribution in [0.4, 0.5) is 5.13 Å². The number of piperazine rings is 1. The van der Waals surface area contributed by atoms with Gasteiger partial charge in [0.15, 0.2) is 16.6 Å². The van der Waals surface area contributed by atoms with Gasteiger partial charge in [-0.05, 0) is 29.8 Å². The Morgan fingerprint density at radius 2 is 1.93 bits per heavy atom. The Balaban J connectivity index is 1.27. The minimum atomic E-state index is 0.314. The first-order chi connectivity index (χ1) is 13.7. The molecule has 8 heteroatoms. The molecule has 1 fully saturated rings. The minimum Gasteiger partial charge on any atom is -0.494 e. The summed E-state index contributed by atoms with van der Waals surface area (Å²) < 4.78 is 17.3. The zero-order valence-electron chi connectivity index (χ0n) is 15.5. The van der Waals surface area contributed by atoms with Crippen LogP contribution in [0.3, 0.4) is 0 Å². The van der Waals surface area contributed by atoms with Gasteiger partial charge in [0.2, 0.25) is 6.79 Å². The van der Waals surface area contributed by atoms with Crippen LogP contribution in [-0.4, -0.2) is 50.0 Å². The quantitative estimate of drug-likeness (QED) is 0.639. The van der Waals surface area contributed by atoms with Crippen LogP contribution >= 0.6 is 22.9 Å². The van der Waals surface area contributed by atoms with E-state index >= 15 is 0 Å². The fourth-order valence-corrected chi connectivity index (χ4v) is 4.94. The normalized spacial score (nSPS) is 16.7. The maximum absolute atomic E-state index is 6.36. The topological polar surface area (TPSA) is 47.1 Å². The molecule has 3 heterocycles. The van der Waals surface area contributed by atoms with Crippen LogP contribution in [0.25, 0.3) is 10.2 Å².